The van der Waals surface area contributed by atoms with Crippen LogP contribution in [-0.4, -0.2) is 43.2 Å². The summed E-state index contributed by atoms with van der Waals surface area (Å²) in [6.45, 7) is 2.79. The largest absolute Gasteiger partial charge is 0.381 e. The van der Waals surface area contributed by atoms with E-state index in [1.807, 2.05) is 6.92 Å². The van der Waals surface area contributed by atoms with E-state index in [4.69, 9.17) is 10.5 Å². The van der Waals surface area contributed by atoms with Crippen LogP contribution in [0.5, 0.6) is 0 Å². The van der Waals surface area contributed by atoms with E-state index in [1.165, 1.54) is 12.1 Å². The topological polar surface area (TPSA) is 55.6 Å². The van der Waals surface area contributed by atoms with Crippen LogP contribution in [-0.2, 0) is 4.74 Å². The van der Waals surface area contributed by atoms with Crippen LogP contribution in [0.25, 0.3) is 0 Å². The normalized spacial score (nSPS) is 22.9. The lowest BCUT2D eigenvalue weighted by molar-refractivity contribution is 0.0138. The molecule has 0 bridgehead atoms. The van der Waals surface area contributed by atoms with Crippen LogP contribution in [0.2, 0.25) is 0 Å². The van der Waals surface area contributed by atoms with Gasteiger partial charge in [-0.3, -0.25) is 4.79 Å². The maximum absolute atomic E-state index is 13.4. The lowest BCUT2D eigenvalue weighted by Gasteiger charge is -2.38. The van der Waals surface area contributed by atoms with Crippen LogP contribution < -0.4 is 5.73 Å². The number of hydrogen-bond acceptors (Lipinski definition) is 3. The predicted molar refractivity (Wildman–Crippen MR) is 75.0 cm³/mol. The Morgan fingerprint density at radius 2 is 2.30 bits per heavy atom. The van der Waals surface area contributed by atoms with Crippen molar-refractivity contribution in [1.82, 2.24) is 4.90 Å². The Kier molecular flexibility index (Phi) is 4.73. The van der Waals surface area contributed by atoms with Gasteiger partial charge in [0.2, 0.25) is 0 Å². The Morgan fingerprint density at radius 3 is 2.95 bits per heavy atom. The summed E-state index contributed by atoms with van der Waals surface area (Å²) in [5, 5.41) is 0. The van der Waals surface area contributed by atoms with Crippen LogP contribution in [0.15, 0.2) is 18.2 Å². The van der Waals surface area contributed by atoms with Gasteiger partial charge in [-0.05, 0) is 37.5 Å². The maximum atomic E-state index is 13.4. The third-order valence-electron chi connectivity index (χ3n) is 3.96. The summed E-state index contributed by atoms with van der Waals surface area (Å²) >= 11 is 0. The van der Waals surface area contributed by atoms with Gasteiger partial charge >= 0.3 is 0 Å². The number of rotatable bonds is 3. The lowest BCUT2D eigenvalue weighted by atomic mass is 9.97. The minimum atomic E-state index is -0.393. The number of benzene rings is 1. The van der Waals surface area contributed by atoms with Crippen molar-refractivity contribution < 1.29 is 13.9 Å². The molecule has 20 heavy (non-hydrogen) atoms. The fraction of sp³-hybridized carbons (Fsp3) is 0.533. The van der Waals surface area contributed by atoms with E-state index in [9.17, 15) is 9.18 Å². The fourth-order valence-electron chi connectivity index (χ4n) is 2.70. The second kappa shape index (κ2) is 6.33. The van der Waals surface area contributed by atoms with Crippen molar-refractivity contribution >= 4 is 5.91 Å². The molecule has 2 atom stereocenters. The first kappa shape index (κ1) is 14.9. The summed E-state index contributed by atoms with van der Waals surface area (Å²) in [7, 11) is 1.67. The maximum Gasteiger partial charge on any atom is 0.254 e. The number of nitrogens with two attached hydrogens (primary N) is 1. The van der Waals surface area contributed by atoms with E-state index in [0.717, 1.165) is 18.4 Å². The van der Waals surface area contributed by atoms with Gasteiger partial charge in [0, 0.05) is 31.8 Å². The molecule has 2 rings (SSSR count). The number of methoxy groups -OCH3 is 1. The Balaban J connectivity index is 2.21. The van der Waals surface area contributed by atoms with Gasteiger partial charge in [0.1, 0.15) is 5.82 Å². The third-order valence-corrected chi connectivity index (χ3v) is 3.96. The third kappa shape index (κ3) is 2.99. The number of nitrogens with zero attached hydrogens (tertiary/aromatic N) is 1. The minimum absolute atomic E-state index is 0.0520. The molecule has 1 aliphatic heterocycles. The lowest BCUT2D eigenvalue weighted by Crippen LogP contribution is -2.51. The van der Waals surface area contributed by atoms with Crippen LogP contribution in [0.4, 0.5) is 4.39 Å². The van der Waals surface area contributed by atoms with Gasteiger partial charge in [0.05, 0.1) is 6.10 Å². The SMILES string of the molecule is COC1CCN(C(=O)c2cc(F)ccc2C)C(CN)C1. The quantitative estimate of drug-likeness (QED) is 0.917. The second-order valence-electron chi connectivity index (χ2n) is 5.23. The molecule has 1 heterocycles. The molecule has 1 amide bonds. The Morgan fingerprint density at radius 1 is 1.55 bits per heavy atom. The highest BCUT2D eigenvalue weighted by Gasteiger charge is 2.31. The number of halogens is 1. The fourth-order valence-corrected chi connectivity index (χ4v) is 2.70. The number of carbonyl (C=O) groups excluding carboxylic acids is 1. The molecular weight excluding hydrogens is 259 g/mol. The van der Waals surface area contributed by atoms with Crippen molar-refractivity contribution in [3.8, 4) is 0 Å². The molecule has 2 N–H and O–H groups in total. The molecule has 0 radical (unpaired) electrons. The molecule has 0 saturated carbocycles. The highest BCUT2D eigenvalue weighted by Crippen LogP contribution is 2.22. The predicted octanol–water partition coefficient (Wildman–Crippen LogP) is 1.71. The van der Waals surface area contributed by atoms with E-state index in [-0.39, 0.29) is 18.1 Å². The zero-order valence-corrected chi connectivity index (χ0v) is 11.9. The number of ether oxygens (including phenoxy) is 1. The summed E-state index contributed by atoms with van der Waals surface area (Å²) in [5.41, 5.74) is 6.97. The van der Waals surface area contributed by atoms with Crippen LogP contribution >= 0.6 is 0 Å². The highest BCUT2D eigenvalue weighted by atomic mass is 19.1. The van der Waals surface area contributed by atoms with Gasteiger partial charge in [0.25, 0.3) is 5.91 Å². The molecule has 0 aliphatic carbocycles. The van der Waals surface area contributed by atoms with E-state index < -0.39 is 5.82 Å². The first-order chi connectivity index (χ1) is 9.56. The Labute approximate surface area is 118 Å². The van der Waals surface area contributed by atoms with Gasteiger partial charge in [0.15, 0.2) is 0 Å². The molecule has 1 aliphatic rings. The summed E-state index contributed by atoms with van der Waals surface area (Å²) in [6, 6.07) is 4.24. The van der Waals surface area contributed by atoms with Crippen LogP contribution in [0.3, 0.4) is 0 Å². The molecule has 1 saturated heterocycles. The number of likely N-dealkylation sites (tertiary alicyclic amines) is 1. The molecule has 1 aromatic rings. The first-order valence-electron chi connectivity index (χ1n) is 6.86. The van der Waals surface area contributed by atoms with Crippen molar-refractivity contribution in [2.24, 2.45) is 5.73 Å². The van der Waals surface area contributed by atoms with E-state index >= 15 is 0 Å². The molecular formula is C15H21FN2O2. The summed E-state index contributed by atoms with van der Waals surface area (Å²) < 4.78 is 18.7. The number of amides is 1. The zero-order valence-electron chi connectivity index (χ0n) is 11.9. The van der Waals surface area contributed by atoms with Crippen molar-refractivity contribution in [2.45, 2.75) is 31.9 Å². The Bertz CT molecular complexity index is 493. The van der Waals surface area contributed by atoms with Gasteiger partial charge in [-0.1, -0.05) is 6.07 Å². The zero-order chi connectivity index (χ0) is 14.7. The second-order valence-corrected chi connectivity index (χ2v) is 5.23. The standard InChI is InChI=1S/C15H21FN2O2/c1-10-3-4-11(16)7-14(10)15(19)18-6-5-13(20-2)8-12(18)9-17/h3-4,7,12-13H,5-6,8-9,17H2,1-2H3. The van der Waals surface area contributed by atoms with E-state index in [2.05, 4.69) is 0 Å². The van der Waals surface area contributed by atoms with Gasteiger partial charge in [-0.2, -0.15) is 0 Å². The smallest absolute Gasteiger partial charge is 0.254 e. The number of piperidine rings is 1. The molecule has 4 nitrogen and oxygen atoms in total. The van der Waals surface area contributed by atoms with E-state index in [0.29, 0.717) is 18.7 Å². The Hall–Kier alpha value is -1.46. The van der Waals surface area contributed by atoms with Crippen molar-refractivity contribution in [3.63, 3.8) is 0 Å². The molecule has 0 aromatic heterocycles. The molecule has 110 valence electrons. The minimum Gasteiger partial charge on any atom is -0.381 e. The average Bonchev–Trinajstić information content (AvgIpc) is 2.48. The van der Waals surface area contributed by atoms with E-state index in [1.54, 1.807) is 18.1 Å². The number of hydrogen-bond donors (Lipinski definition) is 1. The number of aryl methyl sites for hydroxylation is 1. The number of carbonyl (C=O) groups is 1. The van der Waals surface area contributed by atoms with Gasteiger partial charge in [-0.15, -0.1) is 0 Å². The molecule has 5 heteroatoms. The van der Waals surface area contributed by atoms with Crippen LogP contribution in [0.1, 0.15) is 28.8 Å². The summed E-state index contributed by atoms with van der Waals surface area (Å²) in [6.07, 6.45) is 1.65. The molecule has 1 aromatic carbocycles. The molecule has 0 spiro atoms. The summed E-state index contributed by atoms with van der Waals surface area (Å²) in [4.78, 5) is 14.3. The monoisotopic (exact) mass is 280 g/mol. The molecule has 2 unspecified atom stereocenters. The van der Waals surface area contributed by atoms with Crippen LogP contribution in [0, 0.1) is 12.7 Å². The van der Waals surface area contributed by atoms with Gasteiger partial charge in [-0.25, -0.2) is 4.39 Å². The first-order valence-corrected chi connectivity index (χ1v) is 6.86. The summed E-state index contributed by atoms with van der Waals surface area (Å²) in [5.74, 6) is -0.540. The van der Waals surface area contributed by atoms with Crippen molar-refractivity contribution in [3.05, 3.63) is 35.1 Å². The van der Waals surface area contributed by atoms with Crippen molar-refractivity contribution in [1.29, 1.82) is 0 Å². The average molecular weight is 280 g/mol. The molecule has 1 fully saturated rings. The highest BCUT2D eigenvalue weighted by molar-refractivity contribution is 5.96. The van der Waals surface area contributed by atoms with Gasteiger partial charge < -0.3 is 15.4 Å². The van der Waals surface area contributed by atoms with Crippen molar-refractivity contribution in [2.75, 3.05) is 20.2 Å².